The largest absolute Gasteiger partial charge is 0.355 e. The van der Waals surface area contributed by atoms with Gasteiger partial charge in [0.25, 0.3) is 5.91 Å². The van der Waals surface area contributed by atoms with Crippen molar-refractivity contribution in [3.8, 4) is 0 Å². The molecule has 0 atom stereocenters. The molecule has 25 heavy (non-hydrogen) atoms. The highest BCUT2D eigenvalue weighted by molar-refractivity contribution is 5.93. The Labute approximate surface area is 145 Å². The molecular weight excluding hydrogens is 317 g/mol. The van der Waals surface area contributed by atoms with Gasteiger partial charge in [-0.15, -0.1) is 0 Å². The van der Waals surface area contributed by atoms with Crippen molar-refractivity contribution < 1.29 is 9.18 Å². The first-order valence-corrected chi connectivity index (χ1v) is 7.92. The minimum atomic E-state index is -0.324. The SMILES string of the molecule is Cc1ccc(CNC(=O)c2cc(Nc3cccc(F)c3)ccn2)cc1. The van der Waals surface area contributed by atoms with Crippen molar-refractivity contribution >= 4 is 17.3 Å². The number of nitrogens with one attached hydrogen (secondary N) is 2. The molecule has 0 aliphatic rings. The Kier molecular flexibility index (Phi) is 5.04. The molecule has 3 aromatic rings. The number of carbonyl (C=O) groups excluding carboxylic acids is 1. The fourth-order valence-electron chi connectivity index (χ4n) is 2.34. The summed E-state index contributed by atoms with van der Waals surface area (Å²) < 4.78 is 13.2. The van der Waals surface area contributed by atoms with Gasteiger partial charge in [-0.05, 0) is 42.8 Å². The predicted octanol–water partition coefficient (Wildman–Crippen LogP) is 4.20. The molecule has 4 nitrogen and oxygen atoms in total. The molecule has 0 saturated carbocycles. The van der Waals surface area contributed by atoms with Crippen LogP contribution in [0, 0.1) is 12.7 Å². The number of nitrogens with zero attached hydrogens (tertiary/aromatic N) is 1. The topological polar surface area (TPSA) is 54.0 Å². The Morgan fingerprint density at radius 1 is 1.04 bits per heavy atom. The van der Waals surface area contributed by atoms with Crippen LogP contribution in [0.3, 0.4) is 0 Å². The van der Waals surface area contributed by atoms with Crippen LogP contribution in [0.2, 0.25) is 0 Å². The average molecular weight is 335 g/mol. The van der Waals surface area contributed by atoms with Gasteiger partial charge in [-0.1, -0.05) is 35.9 Å². The van der Waals surface area contributed by atoms with E-state index < -0.39 is 0 Å². The first-order chi connectivity index (χ1) is 12.1. The number of halogens is 1. The molecule has 0 bridgehead atoms. The van der Waals surface area contributed by atoms with E-state index in [1.54, 1.807) is 30.5 Å². The standard InChI is InChI=1S/C20H18FN3O/c1-14-5-7-15(8-6-14)13-23-20(25)19-12-18(9-10-22-19)24-17-4-2-3-16(21)11-17/h2-12H,13H2,1H3,(H,22,24)(H,23,25). The number of aryl methyl sites for hydroxylation is 1. The molecule has 5 heteroatoms. The van der Waals surface area contributed by atoms with Gasteiger partial charge >= 0.3 is 0 Å². The normalized spacial score (nSPS) is 10.3. The zero-order chi connectivity index (χ0) is 17.6. The number of amides is 1. The van der Waals surface area contributed by atoms with E-state index in [9.17, 15) is 9.18 Å². The van der Waals surface area contributed by atoms with Crippen molar-refractivity contribution in [2.75, 3.05) is 5.32 Å². The minimum Gasteiger partial charge on any atom is -0.355 e. The lowest BCUT2D eigenvalue weighted by molar-refractivity contribution is 0.0946. The zero-order valence-electron chi connectivity index (χ0n) is 13.8. The summed E-state index contributed by atoms with van der Waals surface area (Å²) in [7, 11) is 0. The molecule has 0 radical (unpaired) electrons. The number of hydrogen-bond donors (Lipinski definition) is 2. The molecule has 2 aromatic carbocycles. The van der Waals surface area contributed by atoms with E-state index in [4.69, 9.17) is 0 Å². The van der Waals surface area contributed by atoms with Crippen LogP contribution in [0.15, 0.2) is 66.9 Å². The second-order valence-electron chi connectivity index (χ2n) is 5.73. The summed E-state index contributed by atoms with van der Waals surface area (Å²) in [6.07, 6.45) is 1.54. The maximum atomic E-state index is 13.2. The van der Waals surface area contributed by atoms with Gasteiger partial charge in [0.15, 0.2) is 0 Å². The summed E-state index contributed by atoms with van der Waals surface area (Å²) in [6, 6.07) is 17.5. The third-order valence-electron chi connectivity index (χ3n) is 3.68. The number of rotatable bonds is 5. The van der Waals surface area contributed by atoms with Gasteiger partial charge in [0.1, 0.15) is 11.5 Å². The monoisotopic (exact) mass is 335 g/mol. The molecule has 0 unspecified atom stereocenters. The molecule has 0 aliphatic heterocycles. The smallest absolute Gasteiger partial charge is 0.270 e. The minimum absolute atomic E-state index is 0.261. The molecule has 126 valence electrons. The van der Waals surface area contributed by atoms with E-state index in [2.05, 4.69) is 15.6 Å². The number of hydrogen-bond acceptors (Lipinski definition) is 3. The lowest BCUT2D eigenvalue weighted by Gasteiger charge is -2.09. The van der Waals surface area contributed by atoms with Crippen molar-refractivity contribution in [2.45, 2.75) is 13.5 Å². The fourth-order valence-corrected chi connectivity index (χ4v) is 2.34. The van der Waals surface area contributed by atoms with Crippen LogP contribution >= 0.6 is 0 Å². The van der Waals surface area contributed by atoms with Gasteiger partial charge in [0, 0.05) is 24.1 Å². The van der Waals surface area contributed by atoms with Gasteiger partial charge in [0.05, 0.1) is 0 Å². The Bertz CT molecular complexity index is 878. The molecule has 1 aromatic heterocycles. The highest BCUT2D eigenvalue weighted by Gasteiger charge is 2.08. The van der Waals surface area contributed by atoms with Crippen molar-refractivity contribution in [1.82, 2.24) is 10.3 Å². The van der Waals surface area contributed by atoms with E-state index in [-0.39, 0.29) is 11.7 Å². The lowest BCUT2D eigenvalue weighted by Crippen LogP contribution is -2.23. The van der Waals surface area contributed by atoms with Crippen LogP contribution in [-0.4, -0.2) is 10.9 Å². The third-order valence-corrected chi connectivity index (χ3v) is 3.68. The summed E-state index contributed by atoms with van der Waals surface area (Å²) in [5.74, 6) is -0.585. The van der Waals surface area contributed by atoms with Crippen LogP contribution in [-0.2, 0) is 6.54 Å². The average Bonchev–Trinajstić information content (AvgIpc) is 2.61. The van der Waals surface area contributed by atoms with Crippen LogP contribution in [0.5, 0.6) is 0 Å². The van der Waals surface area contributed by atoms with Gasteiger partial charge in [-0.2, -0.15) is 0 Å². The fraction of sp³-hybridized carbons (Fsp3) is 0.100. The Morgan fingerprint density at radius 2 is 1.80 bits per heavy atom. The lowest BCUT2D eigenvalue weighted by atomic mass is 10.1. The number of anilines is 2. The molecule has 0 spiro atoms. The first kappa shape index (κ1) is 16.6. The van der Waals surface area contributed by atoms with E-state index in [1.807, 2.05) is 31.2 Å². The summed E-state index contributed by atoms with van der Waals surface area (Å²) in [5.41, 5.74) is 3.77. The summed E-state index contributed by atoms with van der Waals surface area (Å²) in [6.45, 7) is 2.45. The van der Waals surface area contributed by atoms with E-state index in [0.717, 1.165) is 5.56 Å². The van der Waals surface area contributed by atoms with Gasteiger partial charge in [-0.25, -0.2) is 4.39 Å². The van der Waals surface area contributed by atoms with E-state index in [0.29, 0.717) is 23.6 Å². The number of carbonyl (C=O) groups is 1. The number of pyridine rings is 1. The van der Waals surface area contributed by atoms with E-state index in [1.165, 1.54) is 17.7 Å². The molecule has 0 aliphatic carbocycles. The molecule has 1 heterocycles. The maximum absolute atomic E-state index is 13.2. The third kappa shape index (κ3) is 4.64. The molecule has 0 fully saturated rings. The highest BCUT2D eigenvalue weighted by Crippen LogP contribution is 2.17. The highest BCUT2D eigenvalue weighted by atomic mass is 19.1. The maximum Gasteiger partial charge on any atom is 0.270 e. The Morgan fingerprint density at radius 3 is 2.56 bits per heavy atom. The van der Waals surface area contributed by atoms with Gasteiger partial charge < -0.3 is 10.6 Å². The first-order valence-electron chi connectivity index (χ1n) is 7.92. The van der Waals surface area contributed by atoms with Crippen LogP contribution in [0.25, 0.3) is 0 Å². The molecule has 0 saturated heterocycles. The second kappa shape index (κ2) is 7.57. The summed E-state index contributed by atoms with van der Waals surface area (Å²) in [5, 5.41) is 5.91. The quantitative estimate of drug-likeness (QED) is 0.735. The summed E-state index contributed by atoms with van der Waals surface area (Å²) in [4.78, 5) is 16.4. The Hall–Kier alpha value is -3.21. The number of benzene rings is 2. The second-order valence-corrected chi connectivity index (χ2v) is 5.73. The van der Waals surface area contributed by atoms with Crippen molar-refractivity contribution in [3.05, 3.63) is 89.5 Å². The Balaban J connectivity index is 1.65. The van der Waals surface area contributed by atoms with Crippen LogP contribution in [0.4, 0.5) is 15.8 Å². The zero-order valence-corrected chi connectivity index (χ0v) is 13.8. The predicted molar refractivity (Wildman–Crippen MR) is 96.3 cm³/mol. The van der Waals surface area contributed by atoms with Crippen LogP contribution < -0.4 is 10.6 Å². The van der Waals surface area contributed by atoms with Crippen molar-refractivity contribution in [3.63, 3.8) is 0 Å². The van der Waals surface area contributed by atoms with Crippen molar-refractivity contribution in [1.29, 1.82) is 0 Å². The van der Waals surface area contributed by atoms with Crippen molar-refractivity contribution in [2.24, 2.45) is 0 Å². The number of aromatic nitrogens is 1. The summed E-state index contributed by atoms with van der Waals surface area (Å²) >= 11 is 0. The van der Waals surface area contributed by atoms with Gasteiger partial charge in [0.2, 0.25) is 0 Å². The molecular formula is C20H18FN3O. The molecule has 3 rings (SSSR count). The molecule has 1 amide bonds. The molecule has 2 N–H and O–H groups in total. The van der Waals surface area contributed by atoms with Gasteiger partial charge in [-0.3, -0.25) is 9.78 Å². The van der Waals surface area contributed by atoms with Crippen LogP contribution in [0.1, 0.15) is 21.6 Å². The van der Waals surface area contributed by atoms with E-state index >= 15 is 0 Å².